The zero-order valence-electron chi connectivity index (χ0n) is 15.5. The molecule has 7 nitrogen and oxygen atoms in total. The fraction of sp³-hybridized carbons (Fsp3) is 0.526. The van der Waals surface area contributed by atoms with Gasteiger partial charge in [0.05, 0.1) is 6.54 Å². The molecular formula is C19H26N2O5. The first-order chi connectivity index (χ1) is 12.2. The summed E-state index contributed by atoms with van der Waals surface area (Å²) in [4.78, 5) is 37.5. The average Bonchev–Trinajstić information content (AvgIpc) is 2.59. The molecule has 2 rings (SSSR count). The zero-order chi connectivity index (χ0) is 19.2. The molecule has 0 aromatic heterocycles. The van der Waals surface area contributed by atoms with Crippen LogP contribution in [0.2, 0.25) is 0 Å². The Kier molecular flexibility index (Phi) is 6.23. The summed E-state index contributed by atoms with van der Waals surface area (Å²) in [6.07, 6.45) is 0.510. The molecule has 1 N–H and O–H groups in total. The van der Waals surface area contributed by atoms with Crippen LogP contribution in [-0.4, -0.2) is 47.6 Å². The highest BCUT2D eigenvalue weighted by Gasteiger charge is 2.40. The third-order valence-corrected chi connectivity index (χ3v) is 3.96. The van der Waals surface area contributed by atoms with E-state index in [4.69, 9.17) is 9.47 Å². The van der Waals surface area contributed by atoms with Crippen molar-refractivity contribution in [3.63, 3.8) is 0 Å². The second-order valence-corrected chi connectivity index (χ2v) is 7.47. The van der Waals surface area contributed by atoms with Crippen LogP contribution in [0.1, 0.15) is 39.2 Å². The molecule has 1 saturated heterocycles. The number of hydrogen-bond acceptors (Lipinski definition) is 5. The summed E-state index contributed by atoms with van der Waals surface area (Å²) in [5.41, 5.74) is -0.939. The van der Waals surface area contributed by atoms with Gasteiger partial charge in [0, 0.05) is 6.54 Å². The number of carbonyl (C=O) groups is 3. The molecule has 0 spiro atoms. The molecule has 1 aliphatic rings. The Labute approximate surface area is 153 Å². The Morgan fingerprint density at radius 1 is 1.27 bits per heavy atom. The summed E-state index contributed by atoms with van der Waals surface area (Å²) in [5.74, 6) is 0. The first-order valence-corrected chi connectivity index (χ1v) is 8.66. The van der Waals surface area contributed by atoms with Crippen molar-refractivity contribution in [1.82, 2.24) is 10.2 Å². The van der Waals surface area contributed by atoms with Crippen LogP contribution in [-0.2, 0) is 20.9 Å². The van der Waals surface area contributed by atoms with E-state index in [1.165, 1.54) is 4.90 Å². The van der Waals surface area contributed by atoms with E-state index in [1.54, 1.807) is 20.8 Å². The van der Waals surface area contributed by atoms with Gasteiger partial charge in [-0.2, -0.15) is 0 Å². The molecule has 0 saturated carbocycles. The van der Waals surface area contributed by atoms with Gasteiger partial charge in [-0.15, -0.1) is 0 Å². The number of piperidine rings is 1. The van der Waals surface area contributed by atoms with Gasteiger partial charge in [-0.05, 0) is 39.2 Å². The summed E-state index contributed by atoms with van der Waals surface area (Å²) < 4.78 is 10.5. The second kappa shape index (κ2) is 8.21. The van der Waals surface area contributed by atoms with E-state index >= 15 is 0 Å². The van der Waals surface area contributed by atoms with E-state index in [-0.39, 0.29) is 13.2 Å². The van der Waals surface area contributed by atoms with Gasteiger partial charge < -0.3 is 24.5 Å². The van der Waals surface area contributed by atoms with Gasteiger partial charge in [0.25, 0.3) is 0 Å². The molecule has 26 heavy (non-hydrogen) atoms. The number of amides is 2. The largest absolute Gasteiger partial charge is 0.445 e. The molecular weight excluding hydrogens is 336 g/mol. The number of carbonyl (C=O) groups excluding carboxylic acids is 3. The lowest BCUT2D eigenvalue weighted by Crippen LogP contribution is -2.61. The molecule has 1 heterocycles. The van der Waals surface area contributed by atoms with Gasteiger partial charge in [-0.25, -0.2) is 9.59 Å². The number of ether oxygens (including phenoxy) is 2. The van der Waals surface area contributed by atoms with E-state index in [0.29, 0.717) is 25.7 Å². The molecule has 1 unspecified atom stereocenters. The predicted molar refractivity (Wildman–Crippen MR) is 95.6 cm³/mol. The standard InChI is InChI=1S/C19H26N2O5/c1-18(2,3)26-17(24)21-11-7-10-19(13-21,14-22)20-16(23)25-12-15-8-5-4-6-9-15/h4-6,8-9,14H,7,10-13H2,1-3H3,(H,20,23). The van der Waals surface area contributed by atoms with Gasteiger partial charge in [0.15, 0.2) is 0 Å². The number of rotatable bonds is 4. The summed E-state index contributed by atoms with van der Waals surface area (Å²) in [7, 11) is 0. The Bertz CT molecular complexity index is 641. The van der Waals surface area contributed by atoms with Crippen LogP contribution >= 0.6 is 0 Å². The van der Waals surface area contributed by atoms with Crippen molar-refractivity contribution in [2.75, 3.05) is 13.1 Å². The molecule has 7 heteroatoms. The minimum atomic E-state index is -1.16. The Balaban J connectivity index is 1.95. The maximum Gasteiger partial charge on any atom is 0.410 e. The molecule has 1 aromatic rings. The van der Waals surface area contributed by atoms with Crippen LogP contribution < -0.4 is 5.32 Å². The number of hydrogen-bond donors (Lipinski definition) is 1. The van der Waals surface area contributed by atoms with E-state index < -0.39 is 23.3 Å². The van der Waals surface area contributed by atoms with Crippen molar-refractivity contribution in [2.45, 2.75) is 51.4 Å². The minimum absolute atomic E-state index is 0.0614. The van der Waals surface area contributed by atoms with Crippen molar-refractivity contribution < 1.29 is 23.9 Å². The second-order valence-electron chi connectivity index (χ2n) is 7.47. The van der Waals surface area contributed by atoms with Crippen LogP contribution in [0.25, 0.3) is 0 Å². The highest BCUT2D eigenvalue weighted by molar-refractivity contribution is 5.78. The monoisotopic (exact) mass is 362 g/mol. The van der Waals surface area contributed by atoms with Gasteiger partial charge in [-0.1, -0.05) is 30.3 Å². The zero-order valence-corrected chi connectivity index (χ0v) is 15.5. The lowest BCUT2D eigenvalue weighted by Gasteiger charge is -2.39. The van der Waals surface area contributed by atoms with E-state index in [2.05, 4.69) is 5.32 Å². The summed E-state index contributed by atoms with van der Waals surface area (Å²) >= 11 is 0. The van der Waals surface area contributed by atoms with Crippen molar-refractivity contribution >= 4 is 18.5 Å². The predicted octanol–water partition coefficient (Wildman–Crippen LogP) is 2.88. The lowest BCUT2D eigenvalue weighted by atomic mass is 9.91. The highest BCUT2D eigenvalue weighted by atomic mass is 16.6. The average molecular weight is 362 g/mol. The van der Waals surface area contributed by atoms with Crippen LogP contribution in [0.4, 0.5) is 9.59 Å². The number of benzene rings is 1. The molecule has 1 aromatic carbocycles. The Hall–Kier alpha value is -2.57. The first kappa shape index (κ1) is 19.8. The summed E-state index contributed by atoms with van der Waals surface area (Å²) in [6.45, 7) is 5.98. The highest BCUT2D eigenvalue weighted by Crippen LogP contribution is 2.22. The minimum Gasteiger partial charge on any atom is -0.445 e. The smallest absolute Gasteiger partial charge is 0.410 e. The number of likely N-dealkylation sites (tertiary alicyclic amines) is 1. The Morgan fingerprint density at radius 3 is 2.58 bits per heavy atom. The van der Waals surface area contributed by atoms with Crippen molar-refractivity contribution in [3.8, 4) is 0 Å². The molecule has 2 amide bonds. The molecule has 1 atom stereocenters. The van der Waals surface area contributed by atoms with Crippen LogP contribution in [0.15, 0.2) is 30.3 Å². The van der Waals surface area contributed by atoms with E-state index in [1.807, 2.05) is 30.3 Å². The topological polar surface area (TPSA) is 84.9 Å². The first-order valence-electron chi connectivity index (χ1n) is 8.66. The number of aldehydes is 1. The number of nitrogens with zero attached hydrogens (tertiary/aromatic N) is 1. The maximum atomic E-state index is 12.3. The van der Waals surface area contributed by atoms with Crippen molar-refractivity contribution in [2.24, 2.45) is 0 Å². The number of alkyl carbamates (subject to hydrolysis) is 1. The van der Waals surface area contributed by atoms with Gasteiger partial charge in [-0.3, -0.25) is 0 Å². The SMILES string of the molecule is CC(C)(C)OC(=O)N1CCCC(C=O)(NC(=O)OCc2ccccc2)C1. The Morgan fingerprint density at radius 2 is 1.96 bits per heavy atom. The molecule has 0 radical (unpaired) electrons. The molecule has 0 aliphatic carbocycles. The summed E-state index contributed by atoms with van der Waals surface area (Å²) in [6, 6.07) is 9.26. The molecule has 1 fully saturated rings. The third-order valence-electron chi connectivity index (χ3n) is 3.96. The molecule has 142 valence electrons. The van der Waals surface area contributed by atoms with E-state index in [0.717, 1.165) is 5.56 Å². The number of nitrogens with one attached hydrogen (secondary N) is 1. The fourth-order valence-electron chi connectivity index (χ4n) is 2.76. The fourth-order valence-corrected chi connectivity index (χ4v) is 2.76. The maximum absolute atomic E-state index is 12.3. The van der Waals surface area contributed by atoms with E-state index in [9.17, 15) is 14.4 Å². The normalized spacial score (nSPS) is 20.2. The lowest BCUT2D eigenvalue weighted by molar-refractivity contribution is -0.115. The van der Waals surface area contributed by atoms with Crippen LogP contribution in [0, 0.1) is 0 Å². The molecule has 1 aliphatic heterocycles. The van der Waals surface area contributed by atoms with Crippen molar-refractivity contribution in [3.05, 3.63) is 35.9 Å². The van der Waals surface area contributed by atoms with Crippen LogP contribution in [0.3, 0.4) is 0 Å². The van der Waals surface area contributed by atoms with Crippen molar-refractivity contribution in [1.29, 1.82) is 0 Å². The quantitative estimate of drug-likeness (QED) is 0.833. The third kappa shape index (κ3) is 5.75. The van der Waals surface area contributed by atoms with Gasteiger partial charge in [0.2, 0.25) is 0 Å². The molecule has 0 bridgehead atoms. The van der Waals surface area contributed by atoms with Gasteiger partial charge >= 0.3 is 12.2 Å². The van der Waals surface area contributed by atoms with Crippen LogP contribution in [0.5, 0.6) is 0 Å². The van der Waals surface area contributed by atoms with Gasteiger partial charge in [0.1, 0.15) is 24.0 Å². The summed E-state index contributed by atoms with van der Waals surface area (Å²) in [5, 5.41) is 2.62.